The second kappa shape index (κ2) is 12.8. The maximum atomic E-state index is 13.3. The molecule has 1 saturated carbocycles. The van der Waals surface area contributed by atoms with E-state index in [0.717, 1.165) is 30.6 Å². The molecule has 1 aliphatic carbocycles. The molecule has 0 saturated heterocycles. The van der Waals surface area contributed by atoms with Crippen LogP contribution in [0.5, 0.6) is 0 Å². The van der Waals surface area contributed by atoms with Gasteiger partial charge in [-0.2, -0.15) is 13.2 Å². The molecule has 1 fully saturated rings. The van der Waals surface area contributed by atoms with Gasteiger partial charge < -0.3 is 11.1 Å². The zero-order valence-electron chi connectivity index (χ0n) is 20.4. The highest BCUT2D eigenvalue weighted by Gasteiger charge is 2.37. The Balaban J connectivity index is 2.00. The molecule has 0 bridgehead atoms. The number of urea groups is 1. The Morgan fingerprint density at radius 3 is 2.39 bits per heavy atom. The molecule has 0 spiro atoms. The number of unbranched alkanes of at least 4 members (excludes halogenated alkanes) is 1. The largest absolute Gasteiger partial charge is 0.417 e. The van der Waals surface area contributed by atoms with Crippen molar-refractivity contribution in [3.8, 4) is 0 Å². The van der Waals surface area contributed by atoms with Crippen molar-refractivity contribution < 1.29 is 35.6 Å². The molecule has 1 atom stereocenters. The molecule has 3 amide bonds. The minimum Gasteiger partial charge on any atom is -0.335 e. The van der Waals surface area contributed by atoms with Gasteiger partial charge in [0.25, 0.3) is 0 Å². The van der Waals surface area contributed by atoms with Crippen LogP contribution in [-0.2, 0) is 21.0 Å². The van der Waals surface area contributed by atoms with E-state index >= 15 is 0 Å². The van der Waals surface area contributed by atoms with Crippen LogP contribution in [0.3, 0.4) is 0 Å². The van der Waals surface area contributed by atoms with Crippen molar-refractivity contribution >= 4 is 22.0 Å². The average Bonchev–Trinajstić information content (AvgIpc) is 3.27. The third kappa shape index (κ3) is 8.70. The minimum absolute atomic E-state index is 0.0283. The zero-order valence-corrected chi connectivity index (χ0v) is 21.2. The van der Waals surface area contributed by atoms with Crippen LogP contribution >= 0.6 is 0 Å². The fourth-order valence-corrected chi connectivity index (χ4v) is 5.36. The maximum absolute atomic E-state index is 13.3. The second-order valence-electron chi connectivity index (χ2n) is 9.40. The molecule has 4 N–H and O–H groups in total. The lowest BCUT2D eigenvalue weighted by atomic mass is 10.0. The van der Waals surface area contributed by atoms with Crippen molar-refractivity contribution in [2.24, 2.45) is 11.7 Å². The van der Waals surface area contributed by atoms with Gasteiger partial charge in [-0.05, 0) is 56.2 Å². The summed E-state index contributed by atoms with van der Waals surface area (Å²) in [6.45, 7) is 3.51. The van der Waals surface area contributed by atoms with Crippen LogP contribution in [0.2, 0.25) is 0 Å². The number of hydrogen-bond donors (Lipinski definition) is 3. The zero-order chi connectivity index (χ0) is 27.1. The monoisotopic (exact) mass is 538 g/mol. The number of nitrogens with two attached hydrogens (primary N) is 1. The summed E-state index contributed by atoms with van der Waals surface area (Å²) in [5.41, 5.74) is 4.39. The normalized spacial score (nSPS) is 15.8. The second-order valence-corrected chi connectivity index (χ2v) is 11.1. The predicted molar refractivity (Wildman–Crippen MR) is 126 cm³/mol. The Morgan fingerprint density at radius 1 is 1.17 bits per heavy atom. The van der Waals surface area contributed by atoms with E-state index in [9.17, 15) is 35.6 Å². The predicted octanol–water partition coefficient (Wildman–Crippen LogP) is 3.76. The molecule has 1 aromatic carbocycles. The van der Waals surface area contributed by atoms with Crippen molar-refractivity contribution in [3.63, 3.8) is 0 Å². The van der Waals surface area contributed by atoms with Gasteiger partial charge in [0.15, 0.2) is 0 Å². The van der Waals surface area contributed by atoms with Gasteiger partial charge in [0.1, 0.15) is 5.82 Å². The Labute approximate surface area is 209 Å². The smallest absolute Gasteiger partial charge is 0.335 e. The molecule has 2 rings (SSSR count). The fraction of sp³-hybridized carbons (Fsp3) is 0.652. The first-order valence-electron chi connectivity index (χ1n) is 12.0. The van der Waals surface area contributed by atoms with Crippen LogP contribution in [0.4, 0.5) is 22.4 Å². The standard InChI is InChI=1S/C23H34F4N4O4S/c1-15(2)13-19(28)21(32)31(22(33)30-17-7-3-4-8-17)12-6-5-11-29-36(34,35)20-10-9-16(24)14-18(20)23(25,26)27/h9-10,14-15,17,19,29H,3-8,11-13,28H2,1-2H3,(H,30,33)/t19-/m0/s1. The molecule has 13 heteroatoms. The number of halogens is 4. The number of carbonyl (C=O) groups is 2. The van der Waals surface area contributed by atoms with E-state index in [0.29, 0.717) is 18.6 Å². The van der Waals surface area contributed by atoms with Crippen molar-refractivity contribution in [2.75, 3.05) is 13.1 Å². The van der Waals surface area contributed by atoms with Gasteiger partial charge in [0.2, 0.25) is 15.9 Å². The summed E-state index contributed by atoms with van der Waals surface area (Å²) in [4.78, 5) is 25.6. The first kappa shape index (κ1) is 30.0. The van der Waals surface area contributed by atoms with E-state index in [1.807, 2.05) is 13.8 Å². The number of imide groups is 1. The van der Waals surface area contributed by atoms with Crippen molar-refractivity contribution in [1.82, 2.24) is 14.9 Å². The third-order valence-corrected chi connectivity index (χ3v) is 7.39. The number of nitrogens with one attached hydrogen (secondary N) is 2. The van der Waals surface area contributed by atoms with Crippen LogP contribution in [0.15, 0.2) is 23.1 Å². The lowest BCUT2D eigenvalue weighted by Crippen LogP contribution is -2.52. The number of amides is 3. The number of carbonyl (C=O) groups excluding carboxylic acids is 2. The van der Waals surface area contributed by atoms with Gasteiger partial charge in [0, 0.05) is 19.1 Å². The third-order valence-electron chi connectivity index (χ3n) is 5.87. The van der Waals surface area contributed by atoms with Crippen LogP contribution in [0, 0.1) is 11.7 Å². The molecule has 0 aromatic heterocycles. The van der Waals surface area contributed by atoms with Gasteiger partial charge in [-0.1, -0.05) is 26.7 Å². The number of nitrogens with zero attached hydrogens (tertiary/aromatic N) is 1. The molecule has 0 radical (unpaired) electrons. The molecule has 1 aromatic rings. The average molecular weight is 539 g/mol. The Hall–Kier alpha value is -2.25. The molecule has 0 unspecified atom stereocenters. The van der Waals surface area contributed by atoms with E-state index in [1.54, 1.807) is 0 Å². The molecule has 0 heterocycles. The Kier molecular flexibility index (Phi) is 10.7. The first-order chi connectivity index (χ1) is 16.7. The molecule has 0 aliphatic heterocycles. The Bertz CT molecular complexity index is 1010. The van der Waals surface area contributed by atoms with E-state index in [-0.39, 0.29) is 44.0 Å². The summed E-state index contributed by atoms with van der Waals surface area (Å²) in [7, 11) is -4.58. The van der Waals surface area contributed by atoms with E-state index in [1.165, 1.54) is 0 Å². The van der Waals surface area contributed by atoms with E-state index < -0.39 is 50.5 Å². The highest BCUT2D eigenvalue weighted by molar-refractivity contribution is 7.89. The van der Waals surface area contributed by atoms with Gasteiger partial charge in [-0.25, -0.2) is 22.3 Å². The topological polar surface area (TPSA) is 122 Å². The van der Waals surface area contributed by atoms with Crippen molar-refractivity contribution in [2.45, 2.75) is 81.9 Å². The van der Waals surface area contributed by atoms with Gasteiger partial charge in [0.05, 0.1) is 16.5 Å². The Morgan fingerprint density at radius 2 is 1.81 bits per heavy atom. The van der Waals surface area contributed by atoms with Crippen molar-refractivity contribution in [3.05, 3.63) is 29.6 Å². The van der Waals surface area contributed by atoms with Crippen LogP contribution in [-0.4, -0.2) is 50.4 Å². The molecule has 204 valence electrons. The lowest BCUT2D eigenvalue weighted by molar-refractivity contribution is -0.140. The van der Waals surface area contributed by atoms with Crippen LogP contribution in [0.25, 0.3) is 0 Å². The number of benzene rings is 1. The summed E-state index contributed by atoms with van der Waals surface area (Å²) >= 11 is 0. The number of hydrogen-bond acceptors (Lipinski definition) is 5. The van der Waals surface area contributed by atoms with Crippen LogP contribution < -0.4 is 15.8 Å². The SMILES string of the molecule is CC(C)C[C@H](N)C(=O)N(CCCCNS(=O)(=O)c1ccc(F)cc1C(F)(F)F)C(=O)NC1CCCC1. The quantitative estimate of drug-likeness (QED) is 0.293. The van der Waals surface area contributed by atoms with Crippen molar-refractivity contribution in [1.29, 1.82) is 0 Å². The lowest BCUT2D eigenvalue weighted by Gasteiger charge is -2.26. The molecule has 36 heavy (non-hydrogen) atoms. The first-order valence-corrected chi connectivity index (χ1v) is 13.4. The maximum Gasteiger partial charge on any atom is 0.417 e. The molecule has 8 nitrogen and oxygen atoms in total. The molecular formula is C23H34F4N4O4S. The van der Waals surface area contributed by atoms with Crippen LogP contribution in [0.1, 0.15) is 64.4 Å². The molecular weight excluding hydrogens is 504 g/mol. The highest BCUT2D eigenvalue weighted by atomic mass is 32.2. The summed E-state index contributed by atoms with van der Waals surface area (Å²) < 4.78 is 79.8. The van der Waals surface area contributed by atoms with E-state index in [4.69, 9.17) is 5.73 Å². The number of rotatable bonds is 11. The summed E-state index contributed by atoms with van der Waals surface area (Å²) in [6.07, 6.45) is -0.767. The summed E-state index contributed by atoms with van der Waals surface area (Å²) in [5, 5.41) is 2.84. The van der Waals surface area contributed by atoms with Gasteiger partial charge in [-0.15, -0.1) is 0 Å². The fourth-order valence-electron chi connectivity index (χ4n) is 4.08. The number of alkyl halides is 3. The number of sulfonamides is 1. The highest BCUT2D eigenvalue weighted by Crippen LogP contribution is 2.34. The molecule has 1 aliphatic rings. The van der Waals surface area contributed by atoms with Gasteiger partial charge >= 0.3 is 12.2 Å². The summed E-state index contributed by atoms with van der Waals surface area (Å²) in [6, 6.07) is -0.146. The van der Waals surface area contributed by atoms with Gasteiger partial charge in [-0.3, -0.25) is 9.69 Å². The van der Waals surface area contributed by atoms with E-state index in [2.05, 4.69) is 10.0 Å². The minimum atomic E-state index is -5.06. The summed E-state index contributed by atoms with van der Waals surface area (Å²) in [5.74, 6) is -1.62.